The van der Waals surface area contributed by atoms with Crippen molar-refractivity contribution in [3.8, 4) is 0 Å². The Morgan fingerprint density at radius 3 is 3.06 bits per heavy atom. The van der Waals surface area contributed by atoms with Gasteiger partial charge in [-0.1, -0.05) is 17.4 Å². The maximum Gasteiger partial charge on any atom is 0.223 e. The summed E-state index contributed by atoms with van der Waals surface area (Å²) in [7, 11) is 0. The molecule has 0 atom stereocenters. The molecule has 0 fully saturated rings. The summed E-state index contributed by atoms with van der Waals surface area (Å²) in [4.78, 5) is 8.53. The fourth-order valence-corrected chi connectivity index (χ4v) is 1.39. The summed E-state index contributed by atoms with van der Waals surface area (Å²) >= 11 is 4.89. The minimum Gasteiger partial charge on any atom is -0.389 e. The van der Waals surface area contributed by atoms with Crippen molar-refractivity contribution >= 4 is 23.0 Å². The Bertz CT molecular complexity index is 539. The monoisotopic (exact) mass is 249 g/mol. The standard InChI is InChI=1S/C10H11N5OS/c1-6-14-9(15-16-6)5-13-8-4-7(10(11)17)2-3-12-8/h2-4H,5H2,1H3,(H2,11,17)(H,12,13). The van der Waals surface area contributed by atoms with Crippen LogP contribution in [-0.2, 0) is 6.54 Å². The molecule has 7 heteroatoms. The Morgan fingerprint density at radius 2 is 2.41 bits per heavy atom. The number of aryl methyl sites for hydroxylation is 1. The van der Waals surface area contributed by atoms with E-state index in [1.807, 2.05) is 0 Å². The lowest BCUT2D eigenvalue weighted by Gasteiger charge is -2.04. The highest BCUT2D eigenvalue weighted by Crippen LogP contribution is 2.07. The van der Waals surface area contributed by atoms with E-state index < -0.39 is 0 Å². The second kappa shape index (κ2) is 4.88. The minimum atomic E-state index is 0.339. The molecule has 0 radical (unpaired) electrons. The van der Waals surface area contributed by atoms with E-state index >= 15 is 0 Å². The van der Waals surface area contributed by atoms with E-state index in [4.69, 9.17) is 22.5 Å². The maximum absolute atomic E-state index is 5.53. The second-order valence-electron chi connectivity index (χ2n) is 3.38. The molecule has 0 saturated carbocycles. The van der Waals surface area contributed by atoms with Crippen LogP contribution in [0.4, 0.5) is 5.82 Å². The van der Waals surface area contributed by atoms with Gasteiger partial charge in [-0.15, -0.1) is 0 Å². The molecule has 0 aliphatic carbocycles. The Kier molecular flexibility index (Phi) is 3.29. The number of rotatable bonds is 4. The first-order valence-corrected chi connectivity index (χ1v) is 5.35. The summed E-state index contributed by atoms with van der Waals surface area (Å²) in [5, 5.41) is 6.82. The van der Waals surface area contributed by atoms with Crippen LogP contribution >= 0.6 is 12.2 Å². The largest absolute Gasteiger partial charge is 0.389 e. The van der Waals surface area contributed by atoms with Crippen LogP contribution in [0.1, 0.15) is 17.3 Å². The van der Waals surface area contributed by atoms with Crippen molar-refractivity contribution in [2.75, 3.05) is 5.32 Å². The topological polar surface area (TPSA) is 89.9 Å². The molecular weight excluding hydrogens is 238 g/mol. The molecule has 2 aromatic rings. The predicted octanol–water partition coefficient (Wildman–Crippen LogP) is 1.02. The van der Waals surface area contributed by atoms with Gasteiger partial charge in [0.1, 0.15) is 10.8 Å². The molecule has 2 aromatic heterocycles. The molecule has 0 saturated heterocycles. The molecule has 2 rings (SSSR count). The van der Waals surface area contributed by atoms with Gasteiger partial charge in [-0.05, 0) is 12.1 Å². The van der Waals surface area contributed by atoms with Gasteiger partial charge in [-0.3, -0.25) is 0 Å². The molecule has 0 aliphatic rings. The van der Waals surface area contributed by atoms with Gasteiger partial charge in [0.2, 0.25) is 5.89 Å². The van der Waals surface area contributed by atoms with Crippen LogP contribution in [0.5, 0.6) is 0 Å². The highest BCUT2D eigenvalue weighted by Gasteiger charge is 2.03. The van der Waals surface area contributed by atoms with Crippen LogP contribution in [0, 0.1) is 6.92 Å². The lowest BCUT2D eigenvalue weighted by molar-refractivity contribution is 0.388. The molecule has 0 bridgehead atoms. The third kappa shape index (κ3) is 2.97. The van der Waals surface area contributed by atoms with Gasteiger partial charge in [0, 0.05) is 18.7 Å². The number of nitrogens with zero attached hydrogens (tertiary/aromatic N) is 3. The molecule has 2 heterocycles. The third-order valence-corrected chi connectivity index (χ3v) is 2.28. The van der Waals surface area contributed by atoms with Crippen LogP contribution in [0.15, 0.2) is 22.9 Å². The number of nitrogens with one attached hydrogen (secondary N) is 1. The molecule has 0 aliphatic heterocycles. The number of hydrogen-bond donors (Lipinski definition) is 2. The average Bonchev–Trinajstić information content (AvgIpc) is 2.73. The summed E-state index contributed by atoms with van der Waals surface area (Å²) in [6, 6.07) is 3.53. The van der Waals surface area contributed by atoms with Crippen LogP contribution < -0.4 is 11.1 Å². The van der Waals surface area contributed by atoms with Gasteiger partial charge in [0.25, 0.3) is 0 Å². The molecule has 3 N–H and O–H groups in total. The van der Waals surface area contributed by atoms with Crippen molar-refractivity contribution in [3.63, 3.8) is 0 Å². The van der Waals surface area contributed by atoms with Gasteiger partial charge in [0.15, 0.2) is 5.82 Å². The normalized spacial score (nSPS) is 10.2. The number of anilines is 1. The minimum absolute atomic E-state index is 0.339. The van der Waals surface area contributed by atoms with Crippen LogP contribution in [0.2, 0.25) is 0 Å². The van der Waals surface area contributed by atoms with Gasteiger partial charge in [-0.2, -0.15) is 4.98 Å². The van der Waals surface area contributed by atoms with Gasteiger partial charge < -0.3 is 15.6 Å². The van der Waals surface area contributed by atoms with Crippen molar-refractivity contribution in [1.29, 1.82) is 0 Å². The Labute approximate surface area is 103 Å². The second-order valence-corrected chi connectivity index (χ2v) is 3.82. The highest BCUT2D eigenvalue weighted by atomic mass is 32.1. The lowest BCUT2D eigenvalue weighted by atomic mass is 10.2. The van der Waals surface area contributed by atoms with Crippen molar-refractivity contribution in [2.24, 2.45) is 5.73 Å². The van der Waals surface area contributed by atoms with E-state index in [-0.39, 0.29) is 0 Å². The van der Waals surface area contributed by atoms with Crippen molar-refractivity contribution in [2.45, 2.75) is 13.5 Å². The molecule has 0 unspecified atom stereocenters. The summed E-state index contributed by atoms with van der Waals surface area (Å²) in [6.07, 6.45) is 1.64. The van der Waals surface area contributed by atoms with E-state index in [2.05, 4.69) is 20.4 Å². The van der Waals surface area contributed by atoms with E-state index in [1.54, 1.807) is 25.3 Å². The zero-order chi connectivity index (χ0) is 12.3. The zero-order valence-electron chi connectivity index (χ0n) is 9.17. The highest BCUT2D eigenvalue weighted by molar-refractivity contribution is 7.80. The van der Waals surface area contributed by atoms with E-state index in [0.29, 0.717) is 29.1 Å². The Morgan fingerprint density at radius 1 is 1.59 bits per heavy atom. The molecule has 6 nitrogen and oxygen atoms in total. The van der Waals surface area contributed by atoms with Crippen LogP contribution in [-0.4, -0.2) is 20.1 Å². The first-order valence-electron chi connectivity index (χ1n) is 4.94. The SMILES string of the molecule is Cc1nc(CNc2cc(C(N)=S)ccn2)no1. The number of hydrogen-bond acceptors (Lipinski definition) is 6. The number of aromatic nitrogens is 3. The fraction of sp³-hybridized carbons (Fsp3) is 0.200. The molecule has 0 aromatic carbocycles. The van der Waals surface area contributed by atoms with Gasteiger partial charge in [-0.25, -0.2) is 4.98 Å². The summed E-state index contributed by atoms with van der Waals surface area (Å²) < 4.78 is 4.85. The molecule has 0 amide bonds. The third-order valence-electron chi connectivity index (χ3n) is 2.04. The van der Waals surface area contributed by atoms with Crippen molar-refractivity contribution in [3.05, 3.63) is 35.6 Å². The predicted molar refractivity (Wildman–Crippen MR) is 66.5 cm³/mol. The number of pyridine rings is 1. The zero-order valence-corrected chi connectivity index (χ0v) is 9.99. The summed E-state index contributed by atoms with van der Waals surface area (Å²) in [5.74, 6) is 1.77. The van der Waals surface area contributed by atoms with Crippen molar-refractivity contribution < 1.29 is 4.52 Å². The van der Waals surface area contributed by atoms with E-state index in [9.17, 15) is 0 Å². The van der Waals surface area contributed by atoms with E-state index in [0.717, 1.165) is 5.56 Å². The summed E-state index contributed by atoms with van der Waals surface area (Å²) in [5.41, 5.74) is 6.29. The lowest BCUT2D eigenvalue weighted by Crippen LogP contribution is -2.10. The average molecular weight is 249 g/mol. The smallest absolute Gasteiger partial charge is 0.223 e. The molecule has 0 spiro atoms. The fourth-order valence-electron chi connectivity index (χ4n) is 1.26. The first-order chi connectivity index (χ1) is 8.15. The Balaban J connectivity index is 2.04. The van der Waals surface area contributed by atoms with Crippen LogP contribution in [0.3, 0.4) is 0 Å². The van der Waals surface area contributed by atoms with Crippen LogP contribution in [0.25, 0.3) is 0 Å². The molecule has 17 heavy (non-hydrogen) atoms. The van der Waals surface area contributed by atoms with Crippen molar-refractivity contribution in [1.82, 2.24) is 15.1 Å². The Hall–Kier alpha value is -2.02. The van der Waals surface area contributed by atoms with E-state index in [1.165, 1.54) is 0 Å². The first kappa shape index (κ1) is 11.5. The number of thiocarbonyl (C=S) groups is 1. The molecule has 88 valence electrons. The van der Waals surface area contributed by atoms with Gasteiger partial charge >= 0.3 is 0 Å². The maximum atomic E-state index is 5.53. The molecular formula is C10H11N5OS. The quantitative estimate of drug-likeness (QED) is 0.782. The van der Waals surface area contributed by atoms with Gasteiger partial charge in [0.05, 0.1) is 6.54 Å². The number of nitrogens with two attached hydrogens (primary N) is 1. The summed E-state index contributed by atoms with van der Waals surface area (Å²) in [6.45, 7) is 2.17.